The normalized spacial score (nSPS) is 17.2. The first-order valence-electron chi connectivity index (χ1n) is 9.67. The topological polar surface area (TPSA) is 61.4 Å². The van der Waals surface area contributed by atoms with E-state index in [0.717, 1.165) is 25.0 Å². The van der Waals surface area contributed by atoms with Crippen LogP contribution >= 0.6 is 23.1 Å². The lowest BCUT2D eigenvalue weighted by atomic mass is 10.1. The molecule has 5 rings (SSSR count). The summed E-state index contributed by atoms with van der Waals surface area (Å²) in [6.45, 7) is 1.08. The van der Waals surface area contributed by atoms with E-state index in [9.17, 15) is 18.0 Å². The smallest absolute Gasteiger partial charge is 0.376 e. The van der Waals surface area contributed by atoms with Gasteiger partial charge in [-0.2, -0.15) is 13.2 Å². The number of nitrogens with zero attached hydrogens (tertiary/aromatic N) is 4. The number of thiophene rings is 1. The first-order valence-corrected chi connectivity index (χ1v) is 11.5. The molecule has 0 amide bonds. The van der Waals surface area contributed by atoms with Crippen LogP contribution in [0.4, 0.5) is 13.2 Å². The quantitative estimate of drug-likeness (QED) is 0.403. The van der Waals surface area contributed by atoms with Gasteiger partial charge in [0.2, 0.25) is 5.78 Å². The molecule has 0 unspecified atom stereocenters. The zero-order valence-corrected chi connectivity index (χ0v) is 17.8. The highest BCUT2D eigenvalue weighted by atomic mass is 32.2. The van der Waals surface area contributed by atoms with E-state index in [0.29, 0.717) is 45.6 Å². The van der Waals surface area contributed by atoms with Crippen LogP contribution in [-0.4, -0.2) is 31.9 Å². The molecular formula is C20H17F3N4O2S2. The number of fused-ring (bicyclic) bond motifs is 3. The predicted octanol–water partition coefficient (Wildman–Crippen LogP) is 4.60. The second-order valence-corrected chi connectivity index (χ2v) is 9.15. The van der Waals surface area contributed by atoms with Gasteiger partial charge in [-0.15, -0.1) is 21.5 Å². The van der Waals surface area contributed by atoms with E-state index >= 15 is 0 Å². The maximum atomic E-state index is 13.0. The van der Waals surface area contributed by atoms with Gasteiger partial charge in [0.25, 0.3) is 5.56 Å². The molecule has 0 bridgehead atoms. The first kappa shape index (κ1) is 20.5. The molecule has 1 aliphatic heterocycles. The number of thioether (sulfide) groups is 1. The number of hydrogen-bond donors (Lipinski definition) is 0. The van der Waals surface area contributed by atoms with Crippen molar-refractivity contribution in [2.75, 3.05) is 6.61 Å². The number of ether oxygens (including phenoxy) is 1. The number of hydrogen-bond acceptors (Lipinski definition) is 6. The SMILES string of the molecule is O=c1c2sccc2n2c(SCc3cccc(C(F)(F)F)c3)nnc2n1C[C@H]1CCCO1. The van der Waals surface area contributed by atoms with Crippen LogP contribution in [0.25, 0.3) is 16.0 Å². The molecular weight excluding hydrogens is 449 g/mol. The number of halogens is 3. The molecule has 31 heavy (non-hydrogen) atoms. The molecule has 1 atom stereocenters. The van der Waals surface area contributed by atoms with Gasteiger partial charge >= 0.3 is 6.18 Å². The third kappa shape index (κ3) is 3.85. The van der Waals surface area contributed by atoms with Gasteiger partial charge < -0.3 is 4.74 Å². The fourth-order valence-corrected chi connectivity index (χ4v) is 5.44. The Balaban J connectivity index is 1.52. The van der Waals surface area contributed by atoms with Crippen molar-refractivity contribution in [3.8, 4) is 0 Å². The molecule has 11 heteroatoms. The van der Waals surface area contributed by atoms with E-state index in [2.05, 4.69) is 10.2 Å². The Morgan fingerprint density at radius 2 is 2.13 bits per heavy atom. The lowest BCUT2D eigenvalue weighted by Gasteiger charge is -2.13. The van der Waals surface area contributed by atoms with Gasteiger partial charge in [0.15, 0.2) is 5.16 Å². The maximum Gasteiger partial charge on any atom is 0.416 e. The molecule has 1 aromatic carbocycles. The van der Waals surface area contributed by atoms with Gasteiger partial charge in [0.05, 0.1) is 23.7 Å². The van der Waals surface area contributed by atoms with E-state index in [1.165, 1.54) is 29.2 Å². The van der Waals surface area contributed by atoms with Crippen molar-refractivity contribution in [1.29, 1.82) is 0 Å². The molecule has 4 heterocycles. The zero-order chi connectivity index (χ0) is 21.6. The fourth-order valence-electron chi connectivity index (χ4n) is 3.74. The van der Waals surface area contributed by atoms with Gasteiger partial charge in [-0.05, 0) is 35.9 Å². The van der Waals surface area contributed by atoms with Gasteiger partial charge in [0.1, 0.15) is 4.70 Å². The molecule has 162 valence electrons. The molecule has 0 aliphatic carbocycles. The summed E-state index contributed by atoms with van der Waals surface area (Å²) in [5.41, 5.74) is 0.424. The van der Waals surface area contributed by atoms with Crippen LogP contribution in [0.5, 0.6) is 0 Å². The summed E-state index contributed by atoms with van der Waals surface area (Å²) in [5, 5.41) is 10.9. The minimum atomic E-state index is -4.39. The van der Waals surface area contributed by atoms with Crippen LogP contribution in [0.1, 0.15) is 24.0 Å². The number of aromatic nitrogens is 4. The minimum Gasteiger partial charge on any atom is -0.376 e. The van der Waals surface area contributed by atoms with Crippen LogP contribution < -0.4 is 5.56 Å². The van der Waals surface area contributed by atoms with Crippen molar-refractivity contribution in [1.82, 2.24) is 19.2 Å². The average molecular weight is 467 g/mol. The number of alkyl halides is 3. The summed E-state index contributed by atoms with van der Waals surface area (Å²) in [7, 11) is 0. The second kappa shape index (κ2) is 7.95. The molecule has 0 radical (unpaired) electrons. The molecule has 0 N–H and O–H groups in total. The van der Waals surface area contributed by atoms with E-state index in [1.54, 1.807) is 15.0 Å². The second-order valence-electron chi connectivity index (χ2n) is 7.29. The summed E-state index contributed by atoms with van der Waals surface area (Å²) < 4.78 is 48.7. The van der Waals surface area contributed by atoms with Crippen molar-refractivity contribution in [3.63, 3.8) is 0 Å². The maximum absolute atomic E-state index is 13.0. The summed E-state index contributed by atoms with van der Waals surface area (Å²) in [6.07, 6.45) is -2.59. The van der Waals surface area contributed by atoms with Gasteiger partial charge in [-0.1, -0.05) is 30.0 Å². The zero-order valence-electron chi connectivity index (χ0n) is 16.1. The Morgan fingerprint density at radius 1 is 1.26 bits per heavy atom. The Kier molecular flexibility index (Phi) is 5.27. The lowest BCUT2D eigenvalue weighted by Crippen LogP contribution is -2.28. The third-order valence-electron chi connectivity index (χ3n) is 5.21. The van der Waals surface area contributed by atoms with Crippen molar-refractivity contribution < 1.29 is 17.9 Å². The third-order valence-corrected chi connectivity index (χ3v) is 7.11. The van der Waals surface area contributed by atoms with Crippen molar-refractivity contribution in [2.24, 2.45) is 0 Å². The van der Waals surface area contributed by atoms with Crippen LogP contribution in [0, 0.1) is 0 Å². The van der Waals surface area contributed by atoms with Crippen molar-refractivity contribution in [2.45, 2.75) is 42.6 Å². The highest BCUT2D eigenvalue weighted by molar-refractivity contribution is 7.98. The first-order chi connectivity index (χ1) is 14.9. The number of benzene rings is 1. The monoisotopic (exact) mass is 466 g/mol. The summed E-state index contributed by atoms with van der Waals surface area (Å²) in [5.74, 6) is 0.708. The van der Waals surface area contributed by atoms with Crippen LogP contribution in [0.2, 0.25) is 0 Å². The van der Waals surface area contributed by atoms with E-state index in [4.69, 9.17) is 4.74 Å². The van der Waals surface area contributed by atoms with Gasteiger partial charge in [-0.3, -0.25) is 13.8 Å². The Labute approximate surface area is 182 Å². The summed E-state index contributed by atoms with van der Waals surface area (Å²) in [4.78, 5) is 13.0. The Hall–Kier alpha value is -2.37. The van der Waals surface area contributed by atoms with Crippen LogP contribution in [0.15, 0.2) is 45.7 Å². The van der Waals surface area contributed by atoms with Gasteiger partial charge in [0, 0.05) is 12.4 Å². The molecule has 0 saturated carbocycles. The summed E-state index contributed by atoms with van der Waals surface area (Å²) >= 11 is 2.63. The molecule has 3 aromatic heterocycles. The summed E-state index contributed by atoms with van der Waals surface area (Å²) in [6, 6.07) is 7.08. The minimum absolute atomic E-state index is 0.0446. The highest BCUT2D eigenvalue weighted by Crippen LogP contribution is 2.32. The van der Waals surface area contributed by atoms with Crippen LogP contribution in [0.3, 0.4) is 0 Å². The number of rotatable bonds is 5. The fraction of sp³-hybridized carbons (Fsp3) is 0.350. The molecule has 0 spiro atoms. The molecule has 6 nitrogen and oxygen atoms in total. The van der Waals surface area contributed by atoms with E-state index in [1.807, 2.05) is 11.4 Å². The van der Waals surface area contributed by atoms with E-state index < -0.39 is 11.7 Å². The Morgan fingerprint density at radius 3 is 2.90 bits per heavy atom. The molecule has 1 aliphatic rings. The van der Waals surface area contributed by atoms with E-state index in [-0.39, 0.29) is 11.7 Å². The lowest BCUT2D eigenvalue weighted by molar-refractivity contribution is -0.137. The average Bonchev–Trinajstić information content (AvgIpc) is 3.49. The van der Waals surface area contributed by atoms with Crippen molar-refractivity contribution >= 4 is 39.1 Å². The highest BCUT2D eigenvalue weighted by Gasteiger charge is 2.30. The standard InChI is InChI=1S/C20H17F3N4O2S2/c21-20(22,23)13-4-1-3-12(9-13)11-31-19-25-24-18-26(10-14-5-2-7-29-14)17(28)16-15(27(18)19)6-8-30-16/h1,3-4,6,8-9,14H,2,5,7,10-11H2/t14-/m1/s1. The Bertz CT molecular complexity index is 1310. The molecule has 4 aromatic rings. The van der Waals surface area contributed by atoms with Gasteiger partial charge in [-0.25, -0.2) is 0 Å². The predicted molar refractivity (Wildman–Crippen MR) is 113 cm³/mol. The largest absolute Gasteiger partial charge is 0.416 e. The molecule has 1 fully saturated rings. The van der Waals surface area contributed by atoms with Crippen molar-refractivity contribution in [3.05, 3.63) is 57.2 Å². The molecule has 1 saturated heterocycles. The van der Waals surface area contributed by atoms with Crippen LogP contribution in [-0.2, 0) is 23.2 Å².